The van der Waals surface area contributed by atoms with Crippen molar-refractivity contribution < 1.29 is 25.2 Å². The van der Waals surface area contributed by atoms with Crippen LogP contribution in [0.25, 0.3) is 0 Å². The summed E-state index contributed by atoms with van der Waals surface area (Å²) >= 11 is 0. The van der Waals surface area contributed by atoms with E-state index >= 15 is 0 Å². The van der Waals surface area contributed by atoms with E-state index in [-0.39, 0.29) is 18.3 Å². The van der Waals surface area contributed by atoms with E-state index < -0.39 is 24.3 Å². The molecule has 1 rings (SSSR count). The van der Waals surface area contributed by atoms with Crippen LogP contribution in [0.4, 0.5) is 0 Å². The highest BCUT2D eigenvalue weighted by Gasteiger charge is 2.40. The van der Waals surface area contributed by atoms with Gasteiger partial charge in [0.1, 0.15) is 0 Å². The lowest BCUT2D eigenvalue weighted by Gasteiger charge is -2.23. The van der Waals surface area contributed by atoms with Crippen molar-refractivity contribution in [2.45, 2.75) is 96.4 Å². The van der Waals surface area contributed by atoms with Gasteiger partial charge < -0.3 is 20.4 Å². The average Bonchev–Trinajstić information content (AvgIpc) is 2.93. The summed E-state index contributed by atoms with van der Waals surface area (Å²) < 4.78 is 0. The van der Waals surface area contributed by atoms with Gasteiger partial charge in [-0.15, -0.1) is 0 Å². The molecule has 0 amide bonds. The molecule has 0 heterocycles. The standard InChI is InChI=1S/C24H40O5/c1-3-4-7-10-18(2)13-14-19(25)15-16-21-20(22(26)17-23(21)27)11-8-5-6-9-12-24(28)29/h4-5,7-8,10,19-23,25-27H,3,6,9,11-17H2,1-2H3,(H,28,29). The van der Waals surface area contributed by atoms with Crippen molar-refractivity contribution in [3.63, 3.8) is 0 Å². The molecule has 29 heavy (non-hydrogen) atoms. The Kier molecular flexibility index (Phi) is 12.8. The normalized spacial score (nSPS) is 26.6. The fourth-order valence-corrected chi connectivity index (χ4v) is 4.02. The molecule has 0 aromatic rings. The van der Waals surface area contributed by atoms with Crippen molar-refractivity contribution in [2.24, 2.45) is 11.8 Å². The highest BCUT2D eigenvalue weighted by Crippen LogP contribution is 2.38. The monoisotopic (exact) mass is 408 g/mol. The maximum atomic E-state index is 10.5. The van der Waals surface area contributed by atoms with Gasteiger partial charge in [-0.05, 0) is 76.5 Å². The molecule has 0 radical (unpaired) electrons. The SMILES string of the molecule is CCC=CC=C(C)CCC(O)CCC1C(O)CC(O)C1CC=CCCCC(=O)O. The van der Waals surface area contributed by atoms with Crippen LogP contribution in [0.2, 0.25) is 0 Å². The van der Waals surface area contributed by atoms with Crippen molar-refractivity contribution in [1.29, 1.82) is 0 Å². The predicted octanol–water partition coefficient (Wildman–Crippen LogP) is 4.38. The van der Waals surface area contributed by atoms with Gasteiger partial charge in [0.2, 0.25) is 0 Å². The Hall–Kier alpha value is -1.43. The van der Waals surface area contributed by atoms with Gasteiger partial charge in [0.05, 0.1) is 18.3 Å². The summed E-state index contributed by atoms with van der Waals surface area (Å²) in [5.74, 6) is -0.796. The van der Waals surface area contributed by atoms with E-state index in [1.54, 1.807) is 0 Å². The lowest BCUT2D eigenvalue weighted by Crippen LogP contribution is -2.23. The fraction of sp³-hybridized carbons (Fsp3) is 0.708. The van der Waals surface area contributed by atoms with E-state index in [0.29, 0.717) is 44.9 Å². The van der Waals surface area contributed by atoms with Crippen molar-refractivity contribution >= 4 is 5.97 Å². The summed E-state index contributed by atoms with van der Waals surface area (Å²) in [6.45, 7) is 4.17. The van der Waals surface area contributed by atoms with E-state index in [2.05, 4.69) is 32.1 Å². The second-order valence-electron chi connectivity index (χ2n) is 8.31. The lowest BCUT2D eigenvalue weighted by molar-refractivity contribution is -0.137. The van der Waals surface area contributed by atoms with Crippen LogP contribution in [0.3, 0.4) is 0 Å². The van der Waals surface area contributed by atoms with Crippen LogP contribution in [0.5, 0.6) is 0 Å². The summed E-state index contributed by atoms with van der Waals surface area (Å²) in [6, 6.07) is 0. The molecule has 0 aromatic heterocycles. The molecular formula is C24H40O5. The number of unbranched alkanes of at least 4 members (excludes halogenated alkanes) is 1. The minimum atomic E-state index is -0.783. The average molecular weight is 409 g/mol. The molecule has 1 aliphatic rings. The van der Waals surface area contributed by atoms with Crippen LogP contribution in [0, 0.1) is 11.8 Å². The van der Waals surface area contributed by atoms with Gasteiger partial charge in [-0.2, -0.15) is 0 Å². The van der Waals surface area contributed by atoms with Gasteiger partial charge in [0.25, 0.3) is 0 Å². The largest absolute Gasteiger partial charge is 0.481 e. The molecule has 4 N–H and O–H groups in total. The lowest BCUT2D eigenvalue weighted by atomic mass is 9.85. The van der Waals surface area contributed by atoms with Crippen LogP contribution in [-0.4, -0.2) is 44.7 Å². The minimum absolute atomic E-state index is 0.00580. The maximum absolute atomic E-state index is 10.5. The van der Waals surface area contributed by atoms with Crippen LogP contribution in [0.15, 0.2) is 36.0 Å². The molecule has 1 aliphatic carbocycles. The first-order valence-electron chi connectivity index (χ1n) is 11.1. The third kappa shape index (κ3) is 10.8. The van der Waals surface area contributed by atoms with Gasteiger partial charge in [0.15, 0.2) is 0 Å². The number of rotatable bonds is 14. The number of carboxylic acids is 1. The van der Waals surface area contributed by atoms with E-state index in [1.807, 2.05) is 12.2 Å². The van der Waals surface area contributed by atoms with Crippen molar-refractivity contribution in [1.82, 2.24) is 0 Å². The minimum Gasteiger partial charge on any atom is -0.481 e. The molecule has 0 spiro atoms. The molecular weight excluding hydrogens is 368 g/mol. The number of aliphatic carboxylic acids is 1. The number of allylic oxidation sites excluding steroid dienone is 6. The Morgan fingerprint density at radius 3 is 2.48 bits per heavy atom. The number of aliphatic hydroxyl groups is 3. The Bertz CT molecular complexity index is 551. The summed E-state index contributed by atoms with van der Waals surface area (Å²) in [5, 5.41) is 39.6. The zero-order valence-electron chi connectivity index (χ0n) is 18.0. The molecule has 5 unspecified atom stereocenters. The molecule has 0 saturated heterocycles. The van der Waals surface area contributed by atoms with Crippen LogP contribution >= 0.6 is 0 Å². The molecule has 0 aromatic carbocycles. The predicted molar refractivity (Wildman–Crippen MR) is 117 cm³/mol. The number of hydrogen-bond donors (Lipinski definition) is 4. The Morgan fingerprint density at radius 2 is 1.79 bits per heavy atom. The Morgan fingerprint density at radius 1 is 1.07 bits per heavy atom. The summed E-state index contributed by atoms with van der Waals surface area (Å²) in [7, 11) is 0. The van der Waals surface area contributed by atoms with Crippen molar-refractivity contribution in [2.75, 3.05) is 0 Å². The fourth-order valence-electron chi connectivity index (χ4n) is 4.02. The number of carboxylic acid groups (broad SMARTS) is 1. The molecule has 5 atom stereocenters. The molecule has 1 fully saturated rings. The van der Waals surface area contributed by atoms with Gasteiger partial charge in [-0.3, -0.25) is 4.79 Å². The maximum Gasteiger partial charge on any atom is 0.303 e. The first-order chi connectivity index (χ1) is 13.8. The summed E-state index contributed by atoms with van der Waals surface area (Å²) in [5.41, 5.74) is 1.25. The van der Waals surface area contributed by atoms with Crippen molar-refractivity contribution in [3.8, 4) is 0 Å². The van der Waals surface area contributed by atoms with Gasteiger partial charge in [-0.25, -0.2) is 0 Å². The van der Waals surface area contributed by atoms with Gasteiger partial charge in [0, 0.05) is 6.42 Å². The molecule has 166 valence electrons. The third-order valence-corrected chi connectivity index (χ3v) is 5.82. The van der Waals surface area contributed by atoms with E-state index in [9.17, 15) is 20.1 Å². The van der Waals surface area contributed by atoms with Crippen LogP contribution in [-0.2, 0) is 4.79 Å². The van der Waals surface area contributed by atoms with E-state index in [4.69, 9.17) is 5.11 Å². The zero-order chi connectivity index (χ0) is 21.6. The molecule has 5 heteroatoms. The summed E-state index contributed by atoms with van der Waals surface area (Å²) in [6.07, 6.45) is 15.2. The number of hydrogen-bond acceptors (Lipinski definition) is 4. The quantitative estimate of drug-likeness (QED) is 0.194. The van der Waals surface area contributed by atoms with Gasteiger partial charge in [-0.1, -0.05) is 42.9 Å². The first-order valence-corrected chi connectivity index (χ1v) is 11.1. The van der Waals surface area contributed by atoms with Gasteiger partial charge >= 0.3 is 5.97 Å². The second kappa shape index (κ2) is 14.5. The van der Waals surface area contributed by atoms with Crippen LogP contribution < -0.4 is 0 Å². The molecule has 0 bridgehead atoms. The molecule has 5 nitrogen and oxygen atoms in total. The Balaban J connectivity index is 2.40. The van der Waals surface area contributed by atoms with E-state index in [1.165, 1.54) is 5.57 Å². The summed E-state index contributed by atoms with van der Waals surface area (Å²) in [4.78, 5) is 10.5. The second-order valence-corrected chi connectivity index (χ2v) is 8.31. The number of aliphatic hydroxyl groups excluding tert-OH is 3. The zero-order valence-corrected chi connectivity index (χ0v) is 18.0. The number of carbonyl (C=O) groups is 1. The molecule has 0 aliphatic heterocycles. The highest BCUT2D eigenvalue weighted by atomic mass is 16.4. The van der Waals surface area contributed by atoms with E-state index in [0.717, 1.165) is 12.8 Å². The first kappa shape index (κ1) is 25.6. The molecule has 1 saturated carbocycles. The highest BCUT2D eigenvalue weighted by molar-refractivity contribution is 5.66. The van der Waals surface area contributed by atoms with Crippen LogP contribution in [0.1, 0.15) is 78.1 Å². The third-order valence-electron chi connectivity index (χ3n) is 5.82. The Labute approximate surface area is 175 Å². The smallest absolute Gasteiger partial charge is 0.303 e. The van der Waals surface area contributed by atoms with Crippen molar-refractivity contribution in [3.05, 3.63) is 36.0 Å². The topological polar surface area (TPSA) is 98.0 Å².